The van der Waals surface area contributed by atoms with Crippen molar-refractivity contribution in [2.75, 3.05) is 6.61 Å². The van der Waals surface area contributed by atoms with E-state index in [1.807, 2.05) is 25.1 Å². The molecule has 2 heterocycles. The van der Waals surface area contributed by atoms with Crippen molar-refractivity contribution in [3.05, 3.63) is 45.8 Å². The van der Waals surface area contributed by atoms with E-state index >= 15 is 0 Å². The summed E-state index contributed by atoms with van der Waals surface area (Å²) in [5.74, 6) is 0.810. The molecule has 0 saturated heterocycles. The monoisotopic (exact) mass is 214 g/mol. The summed E-state index contributed by atoms with van der Waals surface area (Å²) in [4.78, 5) is 11.2. The minimum Gasteiger partial charge on any atom is -0.488 e. The summed E-state index contributed by atoms with van der Waals surface area (Å²) in [5.41, 5.74) is 2.18. The Bertz CT molecular complexity index is 650. The van der Waals surface area contributed by atoms with Crippen molar-refractivity contribution in [2.24, 2.45) is 0 Å². The van der Waals surface area contributed by atoms with E-state index in [0.29, 0.717) is 12.2 Å². The molecule has 0 N–H and O–H groups in total. The molecule has 0 aliphatic carbocycles. The lowest BCUT2D eigenvalue weighted by Crippen LogP contribution is -2.04. The highest BCUT2D eigenvalue weighted by Crippen LogP contribution is 2.34. The van der Waals surface area contributed by atoms with E-state index in [9.17, 15) is 4.79 Å². The van der Waals surface area contributed by atoms with Gasteiger partial charge in [-0.2, -0.15) is 0 Å². The van der Waals surface area contributed by atoms with Gasteiger partial charge in [0.25, 0.3) is 0 Å². The highest BCUT2D eigenvalue weighted by molar-refractivity contribution is 5.90. The first-order valence-electron chi connectivity index (χ1n) is 5.12. The van der Waals surface area contributed by atoms with Crippen LogP contribution in [0.5, 0.6) is 5.75 Å². The van der Waals surface area contributed by atoms with Gasteiger partial charge in [0.2, 0.25) is 0 Å². The van der Waals surface area contributed by atoms with Crippen LogP contribution < -0.4 is 10.4 Å². The van der Waals surface area contributed by atoms with E-state index in [-0.39, 0.29) is 5.63 Å². The fourth-order valence-electron chi connectivity index (χ4n) is 2.01. The van der Waals surface area contributed by atoms with Crippen molar-refractivity contribution < 1.29 is 9.15 Å². The minimum atomic E-state index is -0.336. The van der Waals surface area contributed by atoms with Gasteiger partial charge in [-0.25, -0.2) is 4.79 Å². The standard InChI is InChI=1S/C13H10O3/c1-8-7-9-4-5-11(14)16-13(9)10-3-2-6-15-12(8)10/h2-5,7H,6H2,1H3. The number of fused-ring (bicyclic) bond motifs is 3. The SMILES string of the molecule is Cc1cc2ccc(=O)oc2c2c1OCC=C2. The quantitative estimate of drug-likeness (QED) is 0.632. The number of hydrogen-bond acceptors (Lipinski definition) is 3. The average Bonchev–Trinajstić information content (AvgIpc) is 2.31. The van der Waals surface area contributed by atoms with Crippen LogP contribution in [0.25, 0.3) is 17.0 Å². The molecular weight excluding hydrogens is 204 g/mol. The van der Waals surface area contributed by atoms with Gasteiger partial charge in [0.1, 0.15) is 17.9 Å². The van der Waals surface area contributed by atoms with Gasteiger partial charge in [0.15, 0.2) is 0 Å². The Balaban J connectivity index is 2.49. The van der Waals surface area contributed by atoms with Crippen LogP contribution in [0, 0.1) is 6.92 Å². The Kier molecular flexibility index (Phi) is 1.86. The van der Waals surface area contributed by atoms with Crippen LogP contribution in [0.4, 0.5) is 0 Å². The molecule has 1 aliphatic heterocycles. The smallest absolute Gasteiger partial charge is 0.336 e. The molecule has 0 saturated carbocycles. The largest absolute Gasteiger partial charge is 0.488 e. The Hall–Kier alpha value is -2.03. The van der Waals surface area contributed by atoms with Gasteiger partial charge in [-0.15, -0.1) is 0 Å². The molecule has 0 unspecified atom stereocenters. The number of benzene rings is 1. The second-order valence-corrected chi connectivity index (χ2v) is 3.82. The van der Waals surface area contributed by atoms with Gasteiger partial charge in [-0.1, -0.05) is 0 Å². The highest BCUT2D eigenvalue weighted by Gasteiger charge is 2.14. The van der Waals surface area contributed by atoms with E-state index in [2.05, 4.69) is 0 Å². The molecule has 0 amide bonds. The van der Waals surface area contributed by atoms with Crippen molar-refractivity contribution in [1.82, 2.24) is 0 Å². The lowest BCUT2D eigenvalue weighted by molar-refractivity contribution is 0.355. The summed E-state index contributed by atoms with van der Waals surface area (Å²) in [5, 5.41) is 0.922. The predicted octanol–water partition coefficient (Wildman–Crippen LogP) is 2.51. The van der Waals surface area contributed by atoms with E-state index in [4.69, 9.17) is 9.15 Å². The van der Waals surface area contributed by atoms with E-state index in [0.717, 1.165) is 22.3 Å². The third-order valence-corrected chi connectivity index (χ3v) is 2.69. The first kappa shape index (κ1) is 9.21. The molecule has 3 nitrogen and oxygen atoms in total. The number of aryl methyl sites for hydroxylation is 1. The Morgan fingerprint density at radius 2 is 2.19 bits per heavy atom. The van der Waals surface area contributed by atoms with Gasteiger partial charge < -0.3 is 9.15 Å². The first-order valence-corrected chi connectivity index (χ1v) is 5.12. The minimum absolute atomic E-state index is 0.336. The zero-order valence-corrected chi connectivity index (χ0v) is 8.82. The van der Waals surface area contributed by atoms with E-state index < -0.39 is 0 Å². The fraction of sp³-hybridized carbons (Fsp3) is 0.154. The molecular formula is C13H10O3. The molecule has 3 rings (SSSR count). The second kappa shape index (κ2) is 3.23. The van der Waals surface area contributed by atoms with Crippen molar-refractivity contribution in [3.8, 4) is 5.75 Å². The molecule has 0 fully saturated rings. The van der Waals surface area contributed by atoms with Gasteiger partial charge >= 0.3 is 5.63 Å². The number of rotatable bonds is 0. The third kappa shape index (κ3) is 1.25. The molecule has 1 aromatic carbocycles. The van der Waals surface area contributed by atoms with Crippen molar-refractivity contribution in [1.29, 1.82) is 0 Å². The van der Waals surface area contributed by atoms with Crippen molar-refractivity contribution >= 4 is 17.0 Å². The lowest BCUT2D eigenvalue weighted by Gasteiger charge is -2.15. The normalized spacial score (nSPS) is 13.6. The van der Waals surface area contributed by atoms with Crippen LogP contribution in [-0.2, 0) is 0 Å². The maximum Gasteiger partial charge on any atom is 0.336 e. The van der Waals surface area contributed by atoms with Crippen LogP contribution in [0.15, 0.2) is 33.5 Å². The molecule has 2 aromatic rings. The zero-order valence-electron chi connectivity index (χ0n) is 8.82. The number of ether oxygens (including phenoxy) is 1. The zero-order chi connectivity index (χ0) is 11.1. The van der Waals surface area contributed by atoms with Crippen LogP contribution in [0.2, 0.25) is 0 Å². The predicted molar refractivity (Wildman–Crippen MR) is 61.8 cm³/mol. The van der Waals surface area contributed by atoms with Gasteiger partial charge in [-0.3, -0.25) is 0 Å². The van der Waals surface area contributed by atoms with Crippen molar-refractivity contribution in [2.45, 2.75) is 6.92 Å². The summed E-state index contributed by atoms with van der Waals surface area (Å²) in [6.45, 7) is 2.55. The Morgan fingerprint density at radius 3 is 3.06 bits per heavy atom. The number of hydrogen-bond donors (Lipinski definition) is 0. The van der Waals surface area contributed by atoms with Gasteiger partial charge in [0, 0.05) is 11.5 Å². The maximum absolute atomic E-state index is 11.2. The maximum atomic E-state index is 11.2. The molecule has 1 aromatic heterocycles. The molecule has 0 radical (unpaired) electrons. The first-order chi connectivity index (χ1) is 7.75. The molecule has 0 bridgehead atoms. The Morgan fingerprint density at radius 1 is 1.31 bits per heavy atom. The summed E-state index contributed by atoms with van der Waals surface area (Å²) in [6, 6.07) is 5.18. The summed E-state index contributed by atoms with van der Waals surface area (Å²) >= 11 is 0. The molecule has 0 spiro atoms. The van der Waals surface area contributed by atoms with E-state index in [1.165, 1.54) is 6.07 Å². The van der Waals surface area contributed by atoms with Crippen LogP contribution in [0.1, 0.15) is 11.1 Å². The summed E-state index contributed by atoms with van der Waals surface area (Å²) < 4.78 is 10.8. The highest BCUT2D eigenvalue weighted by atomic mass is 16.5. The topological polar surface area (TPSA) is 39.4 Å². The molecule has 1 aliphatic rings. The van der Waals surface area contributed by atoms with Crippen LogP contribution >= 0.6 is 0 Å². The van der Waals surface area contributed by atoms with Crippen LogP contribution in [0.3, 0.4) is 0 Å². The molecule has 3 heteroatoms. The average molecular weight is 214 g/mol. The lowest BCUT2D eigenvalue weighted by atomic mass is 10.0. The second-order valence-electron chi connectivity index (χ2n) is 3.82. The van der Waals surface area contributed by atoms with Gasteiger partial charge in [-0.05, 0) is 36.8 Å². The van der Waals surface area contributed by atoms with Gasteiger partial charge in [0.05, 0.1) is 5.56 Å². The molecule has 0 atom stereocenters. The molecule has 16 heavy (non-hydrogen) atoms. The van der Waals surface area contributed by atoms with Crippen LogP contribution in [-0.4, -0.2) is 6.61 Å². The molecule has 80 valence electrons. The van der Waals surface area contributed by atoms with Crippen molar-refractivity contribution in [3.63, 3.8) is 0 Å². The fourth-order valence-corrected chi connectivity index (χ4v) is 2.01. The van der Waals surface area contributed by atoms with E-state index in [1.54, 1.807) is 6.07 Å². The summed E-state index contributed by atoms with van der Waals surface area (Å²) in [7, 11) is 0. The third-order valence-electron chi connectivity index (χ3n) is 2.69. The summed E-state index contributed by atoms with van der Waals surface area (Å²) in [6.07, 6.45) is 3.85. The Labute approximate surface area is 92.0 Å².